The Morgan fingerprint density at radius 2 is 1.93 bits per heavy atom. The van der Waals surface area contributed by atoms with E-state index >= 15 is 0 Å². The predicted octanol–water partition coefficient (Wildman–Crippen LogP) is 3.48. The summed E-state index contributed by atoms with van der Waals surface area (Å²) in [6, 6.07) is 18.9. The van der Waals surface area contributed by atoms with Crippen molar-refractivity contribution < 1.29 is 9.53 Å². The molecule has 2 aliphatic rings. The first-order chi connectivity index (χ1) is 13.7. The lowest BCUT2D eigenvalue weighted by atomic mass is 9.88. The van der Waals surface area contributed by atoms with Crippen LogP contribution < -0.4 is 0 Å². The number of piperazine rings is 1. The van der Waals surface area contributed by atoms with Gasteiger partial charge in [-0.15, -0.1) is 0 Å². The monoisotopic (exact) mass is 373 g/mol. The number of rotatable bonds is 4. The Hall–Kier alpha value is -2.92. The molecule has 0 N–H and O–H groups in total. The number of hydrogen-bond donors (Lipinski definition) is 0. The zero-order chi connectivity index (χ0) is 19.0. The van der Waals surface area contributed by atoms with Gasteiger partial charge in [0.2, 0.25) is 0 Å². The molecule has 1 atom stereocenters. The molecule has 0 radical (unpaired) electrons. The molecule has 2 saturated heterocycles. The minimum atomic E-state index is -0.289. The molecule has 5 heteroatoms. The number of amides is 1. The van der Waals surface area contributed by atoms with Gasteiger partial charge in [0.05, 0.1) is 5.54 Å². The van der Waals surface area contributed by atoms with E-state index in [1.807, 2.05) is 23.4 Å². The number of fused-ring (bicyclic) bond motifs is 2. The maximum atomic E-state index is 12.3. The molecule has 1 unspecified atom stereocenters. The van der Waals surface area contributed by atoms with Gasteiger partial charge < -0.3 is 4.74 Å². The second kappa shape index (κ2) is 6.91. The Morgan fingerprint density at radius 3 is 2.82 bits per heavy atom. The second-order valence-electron chi connectivity index (χ2n) is 7.82. The largest absolute Gasteiger partial charge is 0.447 e. The molecule has 1 amide bonds. The normalized spacial score (nSPS) is 22.3. The number of cyclic esters (lactones) is 1. The van der Waals surface area contributed by atoms with Gasteiger partial charge in [-0.3, -0.25) is 14.8 Å². The number of aromatic nitrogens is 1. The summed E-state index contributed by atoms with van der Waals surface area (Å²) >= 11 is 0. The van der Waals surface area contributed by atoms with E-state index in [1.54, 1.807) is 0 Å². The Bertz CT molecular complexity index is 1000. The molecule has 0 spiro atoms. The quantitative estimate of drug-likeness (QED) is 0.702. The smallest absolute Gasteiger partial charge is 0.410 e. The summed E-state index contributed by atoms with van der Waals surface area (Å²) in [5.74, 6) is 0. The fourth-order valence-corrected chi connectivity index (χ4v) is 4.62. The van der Waals surface area contributed by atoms with Crippen LogP contribution in [-0.4, -0.2) is 52.7 Å². The molecule has 142 valence electrons. The van der Waals surface area contributed by atoms with E-state index in [-0.39, 0.29) is 11.6 Å². The van der Waals surface area contributed by atoms with E-state index in [0.717, 1.165) is 31.4 Å². The minimum Gasteiger partial charge on any atom is -0.447 e. The van der Waals surface area contributed by atoms with Crippen molar-refractivity contribution in [3.8, 4) is 0 Å². The number of benzene rings is 2. The van der Waals surface area contributed by atoms with Gasteiger partial charge in [0, 0.05) is 50.4 Å². The summed E-state index contributed by atoms with van der Waals surface area (Å²) in [7, 11) is 0. The van der Waals surface area contributed by atoms with Gasteiger partial charge in [0.1, 0.15) is 6.61 Å². The van der Waals surface area contributed by atoms with Crippen LogP contribution in [0.5, 0.6) is 0 Å². The molecular formula is C23H23N3O2. The first kappa shape index (κ1) is 17.2. The van der Waals surface area contributed by atoms with Crippen molar-refractivity contribution in [2.45, 2.75) is 18.5 Å². The fourth-order valence-electron chi connectivity index (χ4n) is 4.62. The predicted molar refractivity (Wildman–Crippen MR) is 108 cm³/mol. The van der Waals surface area contributed by atoms with E-state index in [2.05, 4.69) is 58.4 Å². The van der Waals surface area contributed by atoms with Crippen LogP contribution in [0, 0.1) is 0 Å². The van der Waals surface area contributed by atoms with Gasteiger partial charge in [-0.2, -0.15) is 0 Å². The fraction of sp³-hybridized carbons (Fsp3) is 0.304. The maximum absolute atomic E-state index is 12.3. The molecule has 3 aromatic rings. The van der Waals surface area contributed by atoms with Crippen LogP contribution in [0.15, 0.2) is 67.0 Å². The molecule has 5 nitrogen and oxygen atoms in total. The van der Waals surface area contributed by atoms with Gasteiger partial charge >= 0.3 is 6.09 Å². The molecular weight excluding hydrogens is 350 g/mol. The molecule has 2 fully saturated rings. The van der Waals surface area contributed by atoms with E-state index in [0.29, 0.717) is 13.2 Å². The highest BCUT2D eigenvalue weighted by Gasteiger charge is 2.50. The van der Waals surface area contributed by atoms with Crippen molar-refractivity contribution in [2.75, 3.05) is 26.2 Å². The van der Waals surface area contributed by atoms with Gasteiger partial charge in [-0.1, -0.05) is 48.5 Å². The third-order valence-corrected chi connectivity index (χ3v) is 5.96. The average Bonchev–Trinajstić information content (AvgIpc) is 3.05. The molecule has 0 bridgehead atoms. The highest BCUT2D eigenvalue weighted by Crippen LogP contribution is 2.33. The lowest BCUT2D eigenvalue weighted by molar-refractivity contribution is 0.0478. The zero-order valence-corrected chi connectivity index (χ0v) is 15.8. The van der Waals surface area contributed by atoms with Gasteiger partial charge in [-0.05, 0) is 22.6 Å². The summed E-state index contributed by atoms with van der Waals surface area (Å²) in [5, 5.41) is 2.41. The molecule has 0 saturated carbocycles. The van der Waals surface area contributed by atoms with Crippen molar-refractivity contribution in [2.24, 2.45) is 0 Å². The molecule has 2 aliphatic heterocycles. The molecule has 5 rings (SSSR count). The number of nitrogens with zero attached hydrogens (tertiary/aromatic N) is 3. The Morgan fingerprint density at radius 1 is 1.04 bits per heavy atom. The van der Waals surface area contributed by atoms with Crippen LogP contribution in [0.1, 0.15) is 11.1 Å². The van der Waals surface area contributed by atoms with Crippen molar-refractivity contribution in [1.29, 1.82) is 0 Å². The van der Waals surface area contributed by atoms with E-state index in [1.165, 1.54) is 16.5 Å². The number of hydrogen-bond acceptors (Lipinski definition) is 4. The van der Waals surface area contributed by atoms with Crippen LogP contribution in [-0.2, 0) is 17.7 Å². The van der Waals surface area contributed by atoms with Gasteiger partial charge in [-0.25, -0.2) is 4.79 Å². The standard InChI is InChI=1S/C23H23N3O2/c27-22-26-12-11-25(15-20-8-4-7-19-14-24-10-9-21(19)20)16-23(26,17-28-22)13-18-5-2-1-3-6-18/h1-10,14H,11-13,15-17H2. The van der Waals surface area contributed by atoms with Gasteiger partial charge in [0.25, 0.3) is 0 Å². The van der Waals surface area contributed by atoms with Crippen molar-refractivity contribution in [3.63, 3.8) is 0 Å². The Labute approximate surface area is 164 Å². The number of pyridine rings is 1. The third kappa shape index (κ3) is 3.02. The van der Waals surface area contributed by atoms with E-state index in [4.69, 9.17) is 4.74 Å². The van der Waals surface area contributed by atoms with Crippen LogP contribution >= 0.6 is 0 Å². The molecule has 3 heterocycles. The summed E-state index contributed by atoms with van der Waals surface area (Å²) in [5.41, 5.74) is 2.25. The highest BCUT2D eigenvalue weighted by atomic mass is 16.6. The van der Waals surface area contributed by atoms with Crippen molar-refractivity contribution >= 4 is 16.9 Å². The molecule has 28 heavy (non-hydrogen) atoms. The maximum Gasteiger partial charge on any atom is 0.410 e. The summed E-state index contributed by atoms with van der Waals surface area (Å²) in [6.07, 6.45) is 4.41. The van der Waals surface area contributed by atoms with Gasteiger partial charge in [0.15, 0.2) is 0 Å². The summed E-state index contributed by atoms with van der Waals surface area (Å²) < 4.78 is 5.50. The Balaban J connectivity index is 1.42. The lowest BCUT2D eigenvalue weighted by Crippen LogP contribution is -2.62. The average molecular weight is 373 g/mol. The van der Waals surface area contributed by atoms with Crippen LogP contribution in [0.2, 0.25) is 0 Å². The van der Waals surface area contributed by atoms with E-state index in [9.17, 15) is 4.79 Å². The van der Waals surface area contributed by atoms with Crippen molar-refractivity contribution in [3.05, 3.63) is 78.1 Å². The Kier molecular flexibility index (Phi) is 4.24. The zero-order valence-electron chi connectivity index (χ0n) is 15.8. The van der Waals surface area contributed by atoms with Crippen molar-refractivity contribution in [1.82, 2.24) is 14.8 Å². The molecule has 1 aromatic heterocycles. The molecule has 0 aliphatic carbocycles. The number of carbonyl (C=O) groups excluding carboxylic acids is 1. The van der Waals surface area contributed by atoms with Crippen LogP contribution in [0.25, 0.3) is 10.8 Å². The molecule has 2 aromatic carbocycles. The lowest BCUT2D eigenvalue weighted by Gasteiger charge is -2.45. The summed E-state index contributed by atoms with van der Waals surface area (Å²) in [4.78, 5) is 21.0. The SMILES string of the molecule is O=C1OCC2(Cc3ccccc3)CN(Cc3cccc4cnccc34)CCN12. The van der Waals surface area contributed by atoms with E-state index < -0.39 is 0 Å². The second-order valence-corrected chi connectivity index (χ2v) is 7.82. The first-order valence-electron chi connectivity index (χ1n) is 9.76. The number of carbonyl (C=O) groups is 1. The summed E-state index contributed by atoms with van der Waals surface area (Å²) in [6.45, 7) is 3.69. The first-order valence-corrected chi connectivity index (χ1v) is 9.76. The highest BCUT2D eigenvalue weighted by molar-refractivity contribution is 5.84. The minimum absolute atomic E-state index is 0.174. The third-order valence-electron chi connectivity index (χ3n) is 5.96. The van der Waals surface area contributed by atoms with Crippen LogP contribution in [0.4, 0.5) is 4.79 Å². The van der Waals surface area contributed by atoms with Crippen LogP contribution in [0.3, 0.4) is 0 Å². The number of ether oxygens (including phenoxy) is 1. The topological polar surface area (TPSA) is 45.7 Å².